The number of hydrogen-bond acceptors (Lipinski definition) is 5. The highest BCUT2D eigenvalue weighted by Crippen LogP contribution is 2.39. The van der Waals surface area contributed by atoms with Crippen LogP contribution in [0.4, 0.5) is 4.79 Å². The average Bonchev–Trinajstić information content (AvgIpc) is 3.28. The van der Waals surface area contributed by atoms with Gasteiger partial charge in [-0.05, 0) is 63.8 Å². The molecule has 2 N–H and O–H groups in total. The lowest BCUT2D eigenvalue weighted by Crippen LogP contribution is -2.38. The van der Waals surface area contributed by atoms with Crippen LogP contribution >= 0.6 is 11.6 Å². The molecule has 0 saturated heterocycles. The van der Waals surface area contributed by atoms with Crippen molar-refractivity contribution in [2.24, 2.45) is 5.92 Å². The molecule has 0 radical (unpaired) electrons. The van der Waals surface area contributed by atoms with Gasteiger partial charge in [0, 0.05) is 23.5 Å². The van der Waals surface area contributed by atoms with Crippen molar-refractivity contribution in [2.75, 3.05) is 7.11 Å². The Bertz CT molecular complexity index is 1150. The number of carbonyl (C=O) groups is 1. The van der Waals surface area contributed by atoms with Crippen molar-refractivity contribution in [2.45, 2.75) is 64.5 Å². The number of imidazole rings is 1. The van der Waals surface area contributed by atoms with Crippen LogP contribution < -0.4 is 10.1 Å². The molecule has 1 unspecified atom stereocenters. The topological polar surface area (TPSA) is 89.1 Å². The third-order valence-corrected chi connectivity index (χ3v) is 6.52. The Morgan fingerprint density at radius 3 is 2.49 bits per heavy atom. The number of methoxy groups -OCH3 is 1. The second-order valence-corrected chi connectivity index (χ2v) is 10.4. The number of benzene rings is 1. The smallest absolute Gasteiger partial charge is 0.408 e. The van der Waals surface area contributed by atoms with E-state index in [9.17, 15) is 4.79 Å². The van der Waals surface area contributed by atoms with E-state index in [0.29, 0.717) is 16.6 Å². The summed E-state index contributed by atoms with van der Waals surface area (Å²) in [6.45, 7) is 5.59. The molecule has 2 heterocycles. The molecule has 0 aliphatic heterocycles. The molecule has 0 bridgehead atoms. The zero-order valence-electron chi connectivity index (χ0n) is 20.7. The van der Waals surface area contributed by atoms with Gasteiger partial charge in [-0.25, -0.2) is 9.78 Å². The summed E-state index contributed by atoms with van der Waals surface area (Å²) in [5.41, 5.74) is 2.83. The molecule has 8 heteroatoms. The Hall–Kier alpha value is -3.06. The minimum atomic E-state index is -0.586. The lowest BCUT2D eigenvalue weighted by molar-refractivity contribution is 0.0472. The van der Waals surface area contributed by atoms with Crippen molar-refractivity contribution in [3.8, 4) is 28.3 Å². The Kier molecular flexibility index (Phi) is 7.65. The van der Waals surface area contributed by atoms with E-state index in [0.717, 1.165) is 48.2 Å². The van der Waals surface area contributed by atoms with Crippen molar-refractivity contribution in [1.29, 1.82) is 0 Å². The number of nitrogens with zero attached hydrogens (tertiary/aromatic N) is 2. The van der Waals surface area contributed by atoms with Crippen molar-refractivity contribution >= 4 is 17.7 Å². The normalized spacial score (nSPS) is 15.5. The van der Waals surface area contributed by atoms with Crippen LogP contribution in [0.2, 0.25) is 5.02 Å². The molecule has 186 valence electrons. The van der Waals surface area contributed by atoms with Gasteiger partial charge in [-0.15, -0.1) is 0 Å². The van der Waals surface area contributed by atoms with Crippen LogP contribution in [0.1, 0.15) is 64.7 Å². The monoisotopic (exact) mass is 496 g/mol. The predicted molar refractivity (Wildman–Crippen MR) is 138 cm³/mol. The van der Waals surface area contributed by atoms with Gasteiger partial charge in [-0.3, -0.25) is 4.98 Å². The first-order valence-corrected chi connectivity index (χ1v) is 12.5. The summed E-state index contributed by atoms with van der Waals surface area (Å²) >= 11 is 6.28. The number of ether oxygens (including phenoxy) is 2. The van der Waals surface area contributed by atoms with Gasteiger partial charge in [-0.1, -0.05) is 36.9 Å². The molecule has 7 nitrogen and oxygen atoms in total. The molecular weight excluding hydrogens is 464 g/mol. The highest BCUT2D eigenvalue weighted by atomic mass is 35.5. The van der Waals surface area contributed by atoms with Gasteiger partial charge in [0.15, 0.2) is 0 Å². The van der Waals surface area contributed by atoms with E-state index in [1.165, 1.54) is 6.42 Å². The highest BCUT2D eigenvalue weighted by Gasteiger charge is 2.32. The first-order valence-electron chi connectivity index (χ1n) is 12.1. The summed E-state index contributed by atoms with van der Waals surface area (Å²) in [7, 11) is 1.59. The van der Waals surface area contributed by atoms with Crippen LogP contribution in [-0.4, -0.2) is 33.8 Å². The molecular formula is C27H33ClN4O3. The molecule has 1 aliphatic carbocycles. The molecule has 1 saturated carbocycles. The van der Waals surface area contributed by atoms with E-state index in [1.54, 1.807) is 25.6 Å². The minimum absolute atomic E-state index is 0.264. The third-order valence-electron chi connectivity index (χ3n) is 6.20. The van der Waals surface area contributed by atoms with Gasteiger partial charge in [0.1, 0.15) is 17.2 Å². The van der Waals surface area contributed by atoms with Gasteiger partial charge in [0.25, 0.3) is 0 Å². The standard InChI is InChI=1S/C27H33ClN4O3/c1-27(2,3)35-26(33)32-24(17-8-6-5-7-9-17)25-30-22(18-12-14-29-15-13-18)23(31-25)19-10-11-20(28)21(16-19)34-4/h10-17,24H,5-9H2,1-4H3,(H,30,31)(H,32,33). The van der Waals surface area contributed by atoms with Crippen LogP contribution in [-0.2, 0) is 4.74 Å². The van der Waals surface area contributed by atoms with Crippen LogP contribution in [0.3, 0.4) is 0 Å². The molecule has 3 aromatic rings. The van der Waals surface area contributed by atoms with Gasteiger partial charge in [-0.2, -0.15) is 0 Å². The van der Waals surface area contributed by atoms with Crippen LogP contribution in [0, 0.1) is 5.92 Å². The molecule has 1 aliphatic rings. The maximum atomic E-state index is 12.8. The second-order valence-electron chi connectivity index (χ2n) is 9.95. The highest BCUT2D eigenvalue weighted by molar-refractivity contribution is 6.32. The Balaban J connectivity index is 1.79. The number of amides is 1. The van der Waals surface area contributed by atoms with Crippen LogP contribution in [0.5, 0.6) is 5.75 Å². The molecule has 4 rings (SSSR count). The number of nitrogens with one attached hydrogen (secondary N) is 2. The maximum Gasteiger partial charge on any atom is 0.408 e. The van der Waals surface area contributed by atoms with Crippen molar-refractivity contribution < 1.29 is 14.3 Å². The largest absolute Gasteiger partial charge is 0.495 e. The van der Waals surface area contributed by atoms with Crippen molar-refractivity contribution in [3.63, 3.8) is 0 Å². The van der Waals surface area contributed by atoms with E-state index in [4.69, 9.17) is 26.1 Å². The predicted octanol–water partition coefficient (Wildman–Crippen LogP) is 6.95. The molecule has 35 heavy (non-hydrogen) atoms. The summed E-state index contributed by atoms with van der Waals surface area (Å²) in [6, 6.07) is 9.18. The van der Waals surface area contributed by atoms with Gasteiger partial charge in [0.05, 0.1) is 29.6 Å². The van der Waals surface area contributed by atoms with Gasteiger partial charge in [0.2, 0.25) is 0 Å². The van der Waals surface area contributed by atoms with Crippen molar-refractivity contribution in [1.82, 2.24) is 20.3 Å². The minimum Gasteiger partial charge on any atom is -0.495 e. The number of aromatic nitrogens is 3. The number of alkyl carbamates (subject to hydrolysis) is 1. The van der Waals surface area contributed by atoms with E-state index < -0.39 is 11.7 Å². The summed E-state index contributed by atoms with van der Waals surface area (Å²) < 4.78 is 11.0. The van der Waals surface area contributed by atoms with E-state index in [1.807, 2.05) is 45.0 Å². The molecule has 2 aromatic heterocycles. The van der Waals surface area contributed by atoms with E-state index in [2.05, 4.69) is 15.3 Å². The van der Waals surface area contributed by atoms with Gasteiger partial charge < -0.3 is 19.8 Å². The lowest BCUT2D eigenvalue weighted by atomic mass is 9.83. The Labute approximate surface area is 211 Å². The fourth-order valence-electron chi connectivity index (χ4n) is 4.59. The molecule has 0 spiro atoms. The number of pyridine rings is 1. The van der Waals surface area contributed by atoms with Gasteiger partial charge >= 0.3 is 6.09 Å². The fraction of sp³-hybridized carbons (Fsp3) is 0.444. The first-order chi connectivity index (χ1) is 16.7. The number of hydrogen-bond donors (Lipinski definition) is 2. The average molecular weight is 497 g/mol. The Morgan fingerprint density at radius 1 is 1.11 bits per heavy atom. The van der Waals surface area contributed by atoms with E-state index >= 15 is 0 Å². The maximum absolute atomic E-state index is 12.8. The zero-order valence-corrected chi connectivity index (χ0v) is 21.5. The van der Waals surface area contributed by atoms with Crippen LogP contribution in [0.15, 0.2) is 42.7 Å². The lowest BCUT2D eigenvalue weighted by Gasteiger charge is -2.30. The molecule has 1 fully saturated rings. The summed E-state index contributed by atoms with van der Waals surface area (Å²) in [5, 5.41) is 3.65. The second kappa shape index (κ2) is 10.7. The number of aromatic amines is 1. The first kappa shape index (κ1) is 25.0. The SMILES string of the molecule is COc1cc(-c2nc(C(NC(=O)OC(C)(C)C)C3CCCCC3)[nH]c2-c2ccncc2)ccc1Cl. The summed E-state index contributed by atoms with van der Waals surface area (Å²) in [4.78, 5) is 25.6. The van der Waals surface area contributed by atoms with Crippen LogP contribution in [0.25, 0.3) is 22.5 Å². The summed E-state index contributed by atoms with van der Waals surface area (Å²) in [6.07, 6.45) is 8.59. The number of carbonyl (C=O) groups excluding carboxylic acids is 1. The summed E-state index contributed by atoms with van der Waals surface area (Å²) in [5.74, 6) is 1.55. The van der Waals surface area contributed by atoms with Crippen molar-refractivity contribution in [3.05, 3.63) is 53.6 Å². The number of halogens is 1. The van der Waals surface area contributed by atoms with E-state index in [-0.39, 0.29) is 12.0 Å². The third kappa shape index (κ3) is 6.14. The molecule has 1 amide bonds. The quantitative estimate of drug-likeness (QED) is 0.385. The molecule has 1 atom stereocenters. The molecule has 1 aromatic carbocycles. The number of rotatable bonds is 6. The zero-order chi connectivity index (χ0) is 25.0. The number of H-pyrrole nitrogens is 1. The Morgan fingerprint density at radius 2 is 1.83 bits per heavy atom. The fourth-order valence-corrected chi connectivity index (χ4v) is 4.79.